The molecule has 9 rings (SSSR count). The zero-order chi connectivity index (χ0) is 42.3. The molecule has 1 aliphatic rings. The first-order valence-corrected chi connectivity index (χ1v) is 22.2. The van der Waals surface area contributed by atoms with E-state index in [2.05, 4.69) is 155 Å². The lowest BCUT2D eigenvalue weighted by molar-refractivity contribution is 0.111. The molecule has 0 radical (unpaired) electrons. The molecule has 6 heteroatoms. The van der Waals surface area contributed by atoms with Crippen LogP contribution in [-0.4, -0.2) is 19.1 Å². The van der Waals surface area contributed by atoms with Gasteiger partial charge in [0.1, 0.15) is 12.6 Å². The lowest BCUT2D eigenvalue weighted by atomic mass is 10.0. The van der Waals surface area contributed by atoms with Gasteiger partial charge in [-0.3, -0.25) is 9.59 Å². The summed E-state index contributed by atoms with van der Waals surface area (Å²) in [5, 5.41) is 0. The Balaban J connectivity index is 1.12. The van der Waals surface area contributed by atoms with E-state index in [0.29, 0.717) is 11.1 Å². The van der Waals surface area contributed by atoms with E-state index in [-0.39, 0.29) is 0 Å². The summed E-state index contributed by atoms with van der Waals surface area (Å²) in [5.74, 6) is 0. The quantitative estimate of drug-likeness (QED) is 0.0758. The van der Waals surface area contributed by atoms with Crippen molar-refractivity contribution in [3.05, 3.63) is 205 Å². The molecule has 0 saturated heterocycles. The number of carbonyl (C=O) groups is 2. The van der Waals surface area contributed by atoms with Crippen LogP contribution in [0.2, 0.25) is 0 Å². The van der Waals surface area contributed by atoms with Crippen molar-refractivity contribution in [1.82, 2.24) is 0 Å². The standard InChI is InChI=1S/C56H47N3O2S/c1-2-3-4-11-36-57-53-34-32-51(58(47-24-16-41(39-60)17-25-47)49-28-20-45(21-29-49)43-12-7-5-8-13-43)37-55(53)62-56-38-52(33-35-54(56)57)59(48-26-18-42(40-61)19-27-48)50-30-22-46(23-31-50)44-14-9-6-10-15-44/h5-10,12-35,37-40H,2-4,11,36H2,1H3. The molecule has 0 amide bonds. The molecule has 0 atom stereocenters. The van der Waals surface area contributed by atoms with Crippen LogP contribution in [-0.2, 0) is 0 Å². The van der Waals surface area contributed by atoms with E-state index in [9.17, 15) is 9.59 Å². The highest BCUT2D eigenvalue weighted by Gasteiger charge is 2.27. The fraction of sp³-hybridized carbons (Fsp3) is 0.107. The van der Waals surface area contributed by atoms with E-state index in [0.717, 1.165) is 70.8 Å². The van der Waals surface area contributed by atoms with E-state index < -0.39 is 0 Å². The SMILES string of the molecule is CCCCCCN1c2ccc(N(c3ccc(C=O)cc3)c3ccc(-c4ccccc4)cc3)cc2Sc2cc(N(c3ccc(C=O)cc3)c3ccc(-c4ccccc4)cc3)ccc21. The van der Waals surface area contributed by atoms with Crippen LogP contribution in [0.4, 0.5) is 45.5 Å². The number of benzene rings is 8. The van der Waals surface area contributed by atoms with Crippen LogP contribution < -0.4 is 14.7 Å². The van der Waals surface area contributed by atoms with Crippen molar-refractivity contribution < 1.29 is 9.59 Å². The molecule has 0 unspecified atom stereocenters. The molecule has 0 spiro atoms. The summed E-state index contributed by atoms with van der Waals surface area (Å²) < 4.78 is 0. The van der Waals surface area contributed by atoms with Crippen LogP contribution in [0.25, 0.3) is 22.3 Å². The van der Waals surface area contributed by atoms with Gasteiger partial charge in [0.05, 0.1) is 11.4 Å². The van der Waals surface area contributed by atoms with Crippen molar-refractivity contribution in [2.24, 2.45) is 0 Å². The topological polar surface area (TPSA) is 43.9 Å². The summed E-state index contributed by atoms with van der Waals surface area (Å²) in [6.45, 7) is 3.17. The molecule has 0 saturated carbocycles. The lowest BCUT2D eigenvalue weighted by Gasteiger charge is -2.35. The summed E-state index contributed by atoms with van der Waals surface area (Å²) in [7, 11) is 0. The second-order valence-electron chi connectivity index (χ2n) is 15.5. The first-order valence-electron chi connectivity index (χ1n) is 21.4. The molecule has 0 aliphatic carbocycles. The van der Waals surface area contributed by atoms with E-state index >= 15 is 0 Å². The Morgan fingerprint density at radius 3 is 1.18 bits per heavy atom. The van der Waals surface area contributed by atoms with Crippen LogP contribution in [0, 0.1) is 0 Å². The monoisotopic (exact) mass is 825 g/mol. The number of hydrogen-bond acceptors (Lipinski definition) is 6. The summed E-state index contributed by atoms with van der Waals surface area (Å²) in [6.07, 6.45) is 6.44. The number of unbranched alkanes of at least 4 members (excludes halogenated alkanes) is 3. The molecule has 0 N–H and O–H groups in total. The highest BCUT2D eigenvalue weighted by Crippen LogP contribution is 2.52. The smallest absolute Gasteiger partial charge is 0.150 e. The maximum atomic E-state index is 11.7. The van der Waals surface area contributed by atoms with Crippen molar-refractivity contribution in [2.75, 3.05) is 21.2 Å². The van der Waals surface area contributed by atoms with Crippen molar-refractivity contribution >= 4 is 69.8 Å². The zero-order valence-corrected chi connectivity index (χ0v) is 35.5. The molecule has 0 fully saturated rings. The molecule has 0 aromatic heterocycles. The Morgan fingerprint density at radius 1 is 0.419 bits per heavy atom. The van der Waals surface area contributed by atoms with Gasteiger partial charge in [-0.1, -0.05) is 123 Å². The van der Waals surface area contributed by atoms with Gasteiger partial charge >= 0.3 is 0 Å². The third kappa shape index (κ3) is 8.56. The minimum atomic E-state index is 0.640. The van der Waals surface area contributed by atoms with Gasteiger partial charge in [0.2, 0.25) is 0 Å². The van der Waals surface area contributed by atoms with Gasteiger partial charge in [0, 0.05) is 61.6 Å². The fourth-order valence-corrected chi connectivity index (χ4v) is 9.41. The third-order valence-corrected chi connectivity index (χ3v) is 12.6. The van der Waals surface area contributed by atoms with Crippen molar-refractivity contribution in [2.45, 2.75) is 42.4 Å². The Labute approximate surface area is 368 Å². The molecule has 8 aromatic rings. The van der Waals surface area contributed by atoms with Crippen LogP contribution in [0.1, 0.15) is 53.3 Å². The molecule has 304 valence electrons. The van der Waals surface area contributed by atoms with E-state index in [1.807, 2.05) is 60.7 Å². The maximum Gasteiger partial charge on any atom is 0.150 e. The fourth-order valence-electron chi connectivity index (χ4n) is 8.24. The summed E-state index contributed by atoms with van der Waals surface area (Å²) >= 11 is 1.80. The minimum absolute atomic E-state index is 0.640. The molecule has 62 heavy (non-hydrogen) atoms. The molecule has 1 aliphatic heterocycles. The number of anilines is 8. The van der Waals surface area contributed by atoms with Gasteiger partial charge in [0.25, 0.3) is 0 Å². The van der Waals surface area contributed by atoms with Crippen molar-refractivity contribution in [1.29, 1.82) is 0 Å². The van der Waals surface area contributed by atoms with Crippen LogP contribution in [0.5, 0.6) is 0 Å². The number of rotatable bonds is 15. The predicted molar refractivity (Wildman–Crippen MR) is 259 cm³/mol. The number of hydrogen-bond donors (Lipinski definition) is 0. The van der Waals surface area contributed by atoms with Crippen LogP contribution >= 0.6 is 11.8 Å². The van der Waals surface area contributed by atoms with Crippen LogP contribution in [0.3, 0.4) is 0 Å². The first-order chi connectivity index (χ1) is 30.6. The van der Waals surface area contributed by atoms with E-state index in [1.165, 1.54) is 51.6 Å². The summed E-state index contributed by atoms with van der Waals surface area (Å²) in [4.78, 5) is 32.8. The number of nitrogens with zero attached hydrogens (tertiary/aromatic N) is 3. The van der Waals surface area contributed by atoms with Gasteiger partial charge in [-0.05, 0) is 138 Å². The second-order valence-corrected chi connectivity index (χ2v) is 16.6. The predicted octanol–water partition coefficient (Wildman–Crippen LogP) is 15.8. The average Bonchev–Trinajstić information content (AvgIpc) is 3.34. The van der Waals surface area contributed by atoms with Gasteiger partial charge in [-0.25, -0.2) is 0 Å². The second kappa shape index (κ2) is 18.6. The lowest BCUT2D eigenvalue weighted by Crippen LogP contribution is -2.22. The third-order valence-electron chi connectivity index (χ3n) is 11.5. The Kier molecular flexibility index (Phi) is 12.1. The highest BCUT2D eigenvalue weighted by molar-refractivity contribution is 7.99. The summed E-state index contributed by atoms with van der Waals surface area (Å²) in [5.41, 5.74) is 14.4. The highest BCUT2D eigenvalue weighted by atomic mass is 32.2. The number of fused-ring (bicyclic) bond motifs is 2. The van der Waals surface area contributed by atoms with Crippen molar-refractivity contribution in [3.8, 4) is 22.3 Å². The largest absolute Gasteiger partial charge is 0.340 e. The zero-order valence-electron chi connectivity index (χ0n) is 34.7. The van der Waals surface area contributed by atoms with Gasteiger partial charge < -0.3 is 14.7 Å². The minimum Gasteiger partial charge on any atom is -0.340 e. The molecular weight excluding hydrogens is 779 g/mol. The van der Waals surface area contributed by atoms with Gasteiger partial charge in [0.15, 0.2) is 0 Å². The molecule has 0 bridgehead atoms. The summed E-state index contributed by atoms with van der Waals surface area (Å²) in [6, 6.07) is 67.5. The van der Waals surface area contributed by atoms with Crippen molar-refractivity contribution in [3.63, 3.8) is 0 Å². The molecular formula is C56H47N3O2S. The van der Waals surface area contributed by atoms with Gasteiger partial charge in [-0.2, -0.15) is 0 Å². The van der Waals surface area contributed by atoms with Crippen LogP contribution in [0.15, 0.2) is 204 Å². The maximum absolute atomic E-state index is 11.7. The van der Waals surface area contributed by atoms with Gasteiger partial charge in [-0.15, -0.1) is 0 Å². The Bertz CT molecular complexity index is 2590. The Hall–Kier alpha value is -7.15. The van der Waals surface area contributed by atoms with E-state index in [1.54, 1.807) is 11.8 Å². The average molecular weight is 826 g/mol. The molecule has 5 nitrogen and oxygen atoms in total. The Morgan fingerprint density at radius 2 is 0.790 bits per heavy atom. The van der Waals surface area contributed by atoms with E-state index in [4.69, 9.17) is 0 Å². The number of carbonyl (C=O) groups excluding carboxylic acids is 2. The number of aldehydes is 2. The normalized spacial score (nSPS) is 11.7. The molecule has 8 aromatic carbocycles. The molecule has 1 heterocycles. The first kappa shape index (κ1) is 40.3.